The number of carbonyl (C=O) groups excluding carboxylic acids is 2. The number of halogens is 1. The minimum Gasteiger partial charge on any atom is -0.497 e. The van der Waals surface area contributed by atoms with Crippen LogP contribution in [0.15, 0.2) is 60.7 Å². The van der Waals surface area contributed by atoms with Crippen molar-refractivity contribution in [3.63, 3.8) is 0 Å². The van der Waals surface area contributed by atoms with Gasteiger partial charge in [-0.1, -0.05) is 41.9 Å². The lowest BCUT2D eigenvalue weighted by atomic mass is 9.85. The lowest BCUT2D eigenvalue weighted by Crippen LogP contribution is -2.53. The summed E-state index contributed by atoms with van der Waals surface area (Å²) in [6.45, 7) is 4.00. The van der Waals surface area contributed by atoms with E-state index in [1.165, 1.54) is 32.1 Å². The Bertz CT molecular complexity index is 1670. The van der Waals surface area contributed by atoms with Crippen LogP contribution in [0.1, 0.15) is 53.6 Å². The summed E-state index contributed by atoms with van der Waals surface area (Å²) in [5.74, 6) is 0.880. The standard InChI is InChI=1S/C24H31NO6.C16H22ClN3O2/c1-25(2)16-21(31-24(28)14-13-23(26)27)17-30-22-10-5-4-8-19(22)12-11-18-7-6-9-20(15-18)29-3;1-22-15-8-13(18)12(17)7-11(15)16(21)19-14-4-6-20-5-2-3-10(14)9-20/h4-10,15,21H,11-14,16-17H2,1-3H3,(H,26,27);7-8,10,14H,2-6,9,18H2,1H3,(H,19,21)/t;10-,14+/m.0/s1. The van der Waals surface area contributed by atoms with E-state index in [2.05, 4.69) is 16.3 Å². The number of methoxy groups -OCH3 is 2. The number of aryl methyl sites for hydroxylation is 2. The minimum absolute atomic E-state index is 0.136. The number of likely N-dealkylation sites (N-methyl/N-ethyl adjacent to an activating group) is 1. The van der Waals surface area contributed by atoms with E-state index in [0.29, 0.717) is 34.5 Å². The number of ether oxygens (including phenoxy) is 4. The second kappa shape index (κ2) is 20.6. The molecule has 0 aliphatic carbocycles. The summed E-state index contributed by atoms with van der Waals surface area (Å²) in [5.41, 5.74) is 8.86. The van der Waals surface area contributed by atoms with Gasteiger partial charge in [0.25, 0.3) is 5.91 Å². The van der Waals surface area contributed by atoms with Crippen LogP contribution < -0.4 is 25.3 Å². The number of nitrogens with two attached hydrogens (primary N) is 1. The second-order valence-corrected chi connectivity index (χ2v) is 14.1. The van der Waals surface area contributed by atoms with Crippen molar-refractivity contribution in [1.82, 2.24) is 15.1 Å². The van der Waals surface area contributed by atoms with Crippen molar-refractivity contribution >= 4 is 35.1 Å². The number of fused-ring (bicyclic) bond motifs is 2. The van der Waals surface area contributed by atoms with Gasteiger partial charge in [-0.15, -0.1) is 0 Å². The van der Waals surface area contributed by atoms with Gasteiger partial charge in [-0.25, -0.2) is 0 Å². The van der Waals surface area contributed by atoms with Crippen molar-refractivity contribution in [3.8, 4) is 17.2 Å². The Hall–Kier alpha value is -4.52. The Labute approximate surface area is 317 Å². The van der Waals surface area contributed by atoms with Gasteiger partial charge in [-0.2, -0.15) is 0 Å². The normalized spacial score (nSPS) is 18.2. The largest absolute Gasteiger partial charge is 0.497 e. The molecule has 0 radical (unpaired) electrons. The van der Waals surface area contributed by atoms with Gasteiger partial charge in [0, 0.05) is 31.7 Å². The number of rotatable bonds is 16. The van der Waals surface area contributed by atoms with Crippen LogP contribution in [0.25, 0.3) is 0 Å². The topological polar surface area (TPSA) is 153 Å². The predicted octanol–water partition coefficient (Wildman–Crippen LogP) is 5.34. The average Bonchev–Trinajstić information content (AvgIpc) is 3.14. The van der Waals surface area contributed by atoms with Gasteiger partial charge in [-0.05, 0) is 94.1 Å². The molecule has 288 valence electrons. The number of hydrogen-bond acceptors (Lipinski definition) is 10. The maximum Gasteiger partial charge on any atom is 0.306 e. The zero-order chi connectivity index (χ0) is 38.3. The zero-order valence-electron chi connectivity index (χ0n) is 31.1. The molecule has 12 nitrogen and oxygen atoms in total. The van der Waals surface area contributed by atoms with Crippen LogP contribution in [0.3, 0.4) is 0 Å². The Kier molecular flexibility index (Phi) is 16.1. The number of amides is 1. The van der Waals surface area contributed by atoms with E-state index in [1.54, 1.807) is 19.2 Å². The summed E-state index contributed by atoms with van der Waals surface area (Å²) in [4.78, 5) is 39.6. The van der Waals surface area contributed by atoms with Crippen LogP contribution in [0, 0.1) is 5.92 Å². The number of nitrogen functional groups attached to an aromatic ring is 1. The molecule has 4 N–H and O–H groups in total. The molecule has 2 aliphatic rings. The highest BCUT2D eigenvalue weighted by Gasteiger charge is 2.33. The molecular formula is C40H53ClN4O8. The van der Waals surface area contributed by atoms with Crippen LogP contribution in [0.4, 0.5) is 5.69 Å². The maximum absolute atomic E-state index is 12.6. The minimum atomic E-state index is -1.03. The number of esters is 1. The molecule has 3 aromatic rings. The molecule has 0 aromatic heterocycles. The Morgan fingerprint density at radius 1 is 0.981 bits per heavy atom. The third-order valence-electron chi connectivity index (χ3n) is 9.37. The van der Waals surface area contributed by atoms with E-state index in [4.69, 9.17) is 41.4 Å². The molecule has 2 unspecified atom stereocenters. The number of carbonyl (C=O) groups is 3. The summed E-state index contributed by atoms with van der Waals surface area (Å²) >= 11 is 6.05. The van der Waals surface area contributed by atoms with Crippen LogP contribution in [0.2, 0.25) is 5.02 Å². The molecule has 0 spiro atoms. The molecule has 0 saturated carbocycles. The Morgan fingerprint density at radius 2 is 1.77 bits per heavy atom. The van der Waals surface area contributed by atoms with Crippen LogP contribution in [-0.2, 0) is 27.2 Å². The van der Waals surface area contributed by atoms with E-state index < -0.39 is 18.0 Å². The van der Waals surface area contributed by atoms with Crippen molar-refractivity contribution in [1.29, 1.82) is 0 Å². The maximum atomic E-state index is 12.6. The van der Waals surface area contributed by atoms with Crippen LogP contribution >= 0.6 is 11.6 Å². The Balaban J connectivity index is 0.000000250. The fourth-order valence-corrected chi connectivity index (χ4v) is 6.82. The first-order valence-electron chi connectivity index (χ1n) is 18.0. The zero-order valence-corrected chi connectivity index (χ0v) is 31.9. The molecule has 3 aromatic carbocycles. The van der Waals surface area contributed by atoms with E-state index in [0.717, 1.165) is 49.4 Å². The van der Waals surface area contributed by atoms with Gasteiger partial charge >= 0.3 is 11.9 Å². The third kappa shape index (κ3) is 13.1. The lowest BCUT2D eigenvalue weighted by Gasteiger charge is -2.42. The molecule has 5 rings (SSSR count). The molecule has 2 heterocycles. The number of anilines is 1. The predicted molar refractivity (Wildman–Crippen MR) is 205 cm³/mol. The molecule has 2 fully saturated rings. The van der Waals surface area contributed by atoms with Crippen molar-refractivity contribution < 1.29 is 38.4 Å². The molecule has 53 heavy (non-hydrogen) atoms. The number of benzene rings is 3. The smallest absolute Gasteiger partial charge is 0.306 e. The van der Waals surface area contributed by atoms with E-state index >= 15 is 0 Å². The number of carboxylic acids is 1. The summed E-state index contributed by atoms with van der Waals surface area (Å²) in [5, 5.41) is 12.3. The van der Waals surface area contributed by atoms with Gasteiger partial charge in [0.2, 0.25) is 0 Å². The Morgan fingerprint density at radius 3 is 2.51 bits per heavy atom. The molecule has 2 saturated heterocycles. The fourth-order valence-electron chi connectivity index (χ4n) is 6.66. The highest BCUT2D eigenvalue weighted by Crippen LogP contribution is 2.31. The SMILES string of the molecule is COc1cc(N)c(Cl)cc1C(=O)N[C@@H]1CCN2CCC[C@H]1C2.COc1cccc(CCc2ccccc2OCC(CN(C)C)OC(=O)CCC(=O)O)c1. The highest BCUT2D eigenvalue weighted by molar-refractivity contribution is 6.33. The van der Waals surface area contributed by atoms with Crippen LogP contribution in [0.5, 0.6) is 17.2 Å². The van der Waals surface area contributed by atoms with Crippen LogP contribution in [-0.4, -0.2) is 106 Å². The number of piperidine rings is 2. The number of carboxylic acid groups (broad SMARTS) is 1. The molecule has 4 atom stereocenters. The fraction of sp³-hybridized carbons (Fsp3) is 0.475. The summed E-state index contributed by atoms with van der Waals surface area (Å²) in [6.07, 6.45) is 4.12. The number of hydrogen-bond donors (Lipinski definition) is 3. The van der Waals surface area contributed by atoms with Gasteiger partial charge in [-0.3, -0.25) is 14.4 Å². The van der Waals surface area contributed by atoms with Gasteiger partial charge in [0.15, 0.2) is 0 Å². The first-order valence-corrected chi connectivity index (χ1v) is 18.4. The molecule has 2 aliphatic heterocycles. The first-order chi connectivity index (χ1) is 25.4. The average molecular weight is 753 g/mol. The molecule has 1 amide bonds. The molecule has 13 heteroatoms. The number of aliphatic carboxylic acids is 1. The van der Waals surface area contributed by atoms with E-state index in [9.17, 15) is 14.4 Å². The van der Waals surface area contributed by atoms with Gasteiger partial charge < -0.3 is 44.9 Å². The quantitative estimate of drug-likeness (QED) is 0.128. The number of nitrogens with zero attached hydrogens (tertiary/aromatic N) is 2. The summed E-state index contributed by atoms with van der Waals surface area (Å²) in [6, 6.07) is 19.2. The molecular weight excluding hydrogens is 700 g/mol. The van der Waals surface area contributed by atoms with Crippen molar-refractivity contribution in [2.45, 2.75) is 57.1 Å². The first kappa shape index (κ1) is 41.2. The monoisotopic (exact) mass is 752 g/mol. The second-order valence-electron chi connectivity index (χ2n) is 13.7. The summed E-state index contributed by atoms with van der Waals surface area (Å²) < 4.78 is 22.0. The van der Waals surface area contributed by atoms with Crippen molar-refractivity contribution in [2.75, 3.05) is 66.8 Å². The van der Waals surface area contributed by atoms with E-state index in [1.807, 2.05) is 61.5 Å². The number of nitrogens with one attached hydrogen (secondary N) is 1. The third-order valence-corrected chi connectivity index (χ3v) is 9.70. The lowest BCUT2D eigenvalue weighted by molar-refractivity contribution is -0.153. The number of para-hydroxylation sites is 1. The van der Waals surface area contributed by atoms with Crippen molar-refractivity contribution in [2.24, 2.45) is 5.92 Å². The van der Waals surface area contributed by atoms with Crippen molar-refractivity contribution in [3.05, 3.63) is 82.4 Å². The molecule has 2 bridgehead atoms. The van der Waals surface area contributed by atoms with Gasteiger partial charge in [0.1, 0.15) is 30.0 Å². The van der Waals surface area contributed by atoms with Gasteiger partial charge in [0.05, 0.1) is 43.3 Å². The van der Waals surface area contributed by atoms with E-state index in [-0.39, 0.29) is 31.4 Å². The highest BCUT2D eigenvalue weighted by atomic mass is 35.5. The summed E-state index contributed by atoms with van der Waals surface area (Å²) in [7, 11) is 6.93.